The minimum atomic E-state index is -0.848. The fourth-order valence-corrected chi connectivity index (χ4v) is 3.57. The summed E-state index contributed by atoms with van der Waals surface area (Å²) in [7, 11) is 1.29. The molecule has 0 aliphatic heterocycles. The lowest BCUT2D eigenvalue weighted by Gasteiger charge is -2.26. The second-order valence-electron chi connectivity index (χ2n) is 10.4. The fourth-order valence-electron chi connectivity index (χ4n) is 3.57. The van der Waals surface area contributed by atoms with Gasteiger partial charge in [-0.3, -0.25) is 4.79 Å². The first-order chi connectivity index (χ1) is 15.3. The van der Waals surface area contributed by atoms with Crippen LogP contribution in [0, 0.1) is 5.92 Å². The van der Waals surface area contributed by atoms with Crippen molar-refractivity contribution in [2.45, 2.75) is 84.5 Å². The van der Waals surface area contributed by atoms with E-state index in [4.69, 9.17) is 14.2 Å². The molecule has 2 rings (SSSR count). The number of hydrogen-bond donors (Lipinski definition) is 1. The molecule has 0 unspecified atom stereocenters. The van der Waals surface area contributed by atoms with E-state index in [2.05, 4.69) is 11.4 Å². The number of hydrogen-bond acceptors (Lipinski definition) is 6. The average molecular weight is 460 g/mol. The maximum atomic E-state index is 12.3. The van der Waals surface area contributed by atoms with Gasteiger partial charge in [-0.15, -0.1) is 0 Å². The van der Waals surface area contributed by atoms with Crippen LogP contribution in [0.1, 0.15) is 71.9 Å². The maximum absolute atomic E-state index is 12.3. The number of esters is 2. The van der Waals surface area contributed by atoms with Gasteiger partial charge in [0.05, 0.1) is 13.0 Å². The van der Waals surface area contributed by atoms with Crippen LogP contribution in [0.25, 0.3) is 5.57 Å². The van der Waals surface area contributed by atoms with Crippen LogP contribution in [0.15, 0.2) is 30.3 Å². The number of allylic oxidation sites excluding steroid dienone is 2. The van der Waals surface area contributed by atoms with Crippen LogP contribution < -0.4 is 5.32 Å². The Hall–Kier alpha value is -2.83. The van der Waals surface area contributed by atoms with E-state index in [1.54, 1.807) is 20.8 Å². The summed E-state index contributed by atoms with van der Waals surface area (Å²) in [4.78, 5) is 36.6. The Morgan fingerprint density at radius 1 is 1.00 bits per heavy atom. The summed E-state index contributed by atoms with van der Waals surface area (Å²) in [5.41, 5.74) is 2.02. The first kappa shape index (κ1) is 26.4. The molecule has 0 saturated heterocycles. The number of methoxy groups -OCH3 is 1. The fraction of sp³-hybridized carbons (Fsp3) is 0.577. The number of benzene rings is 1. The van der Waals surface area contributed by atoms with E-state index in [9.17, 15) is 14.4 Å². The zero-order valence-electron chi connectivity index (χ0n) is 20.8. The van der Waals surface area contributed by atoms with Crippen LogP contribution >= 0.6 is 0 Å². The Balaban J connectivity index is 2.01. The summed E-state index contributed by atoms with van der Waals surface area (Å²) in [5.74, 6) is -0.778. The number of carbonyl (C=O) groups excluding carboxylic acids is 3. The number of alkyl carbamates (subject to hydrolysis) is 1. The van der Waals surface area contributed by atoms with Gasteiger partial charge < -0.3 is 19.5 Å². The summed E-state index contributed by atoms with van der Waals surface area (Å²) < 4.78 is 15.6. The van der Waals surface area contributed by atoms with Crippen molar-refractivity contribution in [2.24, 2.45) is 5.92 Å². The maximum Gasteiger partial charge on any atom is 0.408 e. The SMILES string of the molecule is COC(=O)[C@H](Cc1ccc(C2=CC[C@H](C(=O)OC(C)(C)C)CC2)cc1)NC(=O)OC(C)(C)C. The van der Waals surface area contributed by atoms with E-state index in [-0.39, 0.29) is 18.3 Å². The second-order valence-corrected chi connectivity index (χ2v) is 10.4. The highest BCUT2D eigenvalue weighted by molar-refractivity contribution is 5.81. The van der Waals surface area contributed by atoms with Gasteiger partial charge in [-0.05, 0) is 77.5 Å². The molecule has 33 heavy (non-hydrogen) atoms. The van der Waals surface area contributed by atoms with Crippen molar-refractivity contribution in [1.29, 1.82) is 0 Å². The van der Waals surface area contributed by atoms with Crippen molar-refractivity contribution in [3.8, 4) is 0 Å². The van der Waals surface area contributed by atoms with E-state index < -0.39 is 29.3 Å². The van der Waals surface area contributed by atoms with Gasteiger partial charge in [-0.1, -0.05) is 30.3 Å². The zero-order chi connectivity index (χ0) is 24.8. The highest BCUT2D eigenvalue weighted by Gasteiger charge is 2.28. The van der Waals surface area contributed by atoms with Crippen molar-refractivity contribution in [3.05, 3.63) is 41.5 Å². The van der Waals surface area contributed by atoms with Crippen molar-refractivity contribution >= 4 is 23.6 Å². The van der Waals surface area contributed by atoms with E-state index in [1.807, 2.05) is 45.0 Å². The minimum absolute atomic E-state index is 0.105. The van der Waals surface area contributed by atoms with Crippen LogP contribution in [-0.2, 0) is 30.2 Å². The molecular weight excluding hydrogens is 422 g/mol. The highest BCUT2D eigenvalue weighted by Crippen LogP contribution is 2.32. The van der Waals surface area contributed by atoms with Crippen molar-refractivity contribution in [1.82, 2.24) is 5.32 Å². The molecule has 1 N–H and O–H groups in total. The number of ether oxygens (including phenoxy) is 3. The molecule has 0 radical (unpaired) electrons. The van der Waals surface area contributed by atoms with Gasteiger partial charge in [0.1, 0.15) is 17.2 Å². The van der Waals surface area contributed by atoms with Gasteiger partial charge in [-0.25, -0.2) is 9.59 Å². The number of rotatable bonds is 6. The second kappa shape index (κ2) is 10.9. The number of amides is 1. The van der Waals surface area contributed by atoms with Crippen LogP contribution in [0.4, 0.5) is 4.79 Å². The Bertz CT molecular complexity index is 874. The number of nitrogens with one attached hydrogen (secondary N) is 1. The first-order valence-corrected chi connectivity index (χ1v) is 11.4. The molecule has 1 amide bonds. The molecule has 1 aromatic rings. The van der Waals surface area contributed by atoms with Gasteiger partial charge in [0, 0.05) is 6.42 Å². The van der Waals surface area contributed by atoms with Crippen molar-refractivity contribution in [3.63, 3.8) is 0 Å². The Labute approximate surface area is 196 Å². The van der Waals surface area contributed by atoms with E-state index >= 15 is 0 Å². The Morgan fingerprint density at radius 2 is 1.61 bits per heavy atom. The van der Waals surface area contributed by atoms with Gasteiger partial charge >= 0.3 is 18.0 Å². The van der Waals surface area contributed by atoms with Crippen molar-refractivity contribution < 1.29 is 28.6 Å². The molecule has 0 aromatic heterocycles. The summed E-state index contributed by atoms with van der Waals surface area (Å²) in [6.07, 6.45) is 3.94. The number of carbonyl (C=O) groups is 3. The smallest absolute Gasteiger partial charge is 0.408 e. The highest BCUT2D eigenvalue weighted by atomic mass is 16.6. The molecule has 1 aliphatic carbocycles. The van der Waals surface area contributed by atoms with Gasteiger partial charge in [-0.2, -0.15) is 0 Å². The van der Waals surface area contributed by atoms with Gasteiger partial charge in [0.15, 0.2) is 0 Å². The van der Waals surface area contributed by atoms with Crippen molar-refractivity contribution in [2.75, 3.05) is 7.11 Å². The monoisotopic (exact) mass is 459 g/mol. The molecular formula is C26H37NO6. The molecule has 0 fully saturated rings. The van der Waals surface area contributed by atoms with E-state index in [0.717, 1.165) is 24.0 Å². The molecule has 7 heteroatoms. The summed E-state index contributed by atoms with van der Waals surface area (Å²) in [5, 5.41) is 2.59. The molecule has 182 valence electrons. The summed E-state index contributed by atoms with van der Waals surface area (Å²) in [6.45, 7) is 10.9. The predicted octanol–water partition coefficient (Wildman–Crippen LogP) is 4.82. The third-order valence-corrected chi connectivity index (χ3v) is 5.09. The molecule has 0 heterocycles. The molecule has 2 atom stereocenters. The lowest BCUT2D eigenvalue weighted by Crippen LogP contribution is -2.45. The normalized spacial score (nSPS) is 17.4. The molecule has 1 aromatic carbocycles. The van der Waals surface area contributed by atoms with Crippen LogP contribution in [0.2, 0.25) is 0 Å². The van der Waals surface area contributed by atoms with E-state index in [1.165, 1.54) is 12.7 Å². The third kappa shape index (κ3) is 8.91. The minimum Gasteiger partial charge on any atom is -0.467 e. The molecule has 1 aliphatic rings. The van der Waals surface area contributed by atoms with Gasteiger partial charge in [0.2, 0.25) is 0 Å². The van der Waals surface area contributed by atoms with Crippen LogP contribution in [0.5, 0.6) is 0 Å². The lowest BCUT2D eigenvalue weighted by atomic mass is 9.86. The molecule has 0 saturated carbocycles. The van der Waals surface area contributed by atoms with Crippen LogP contribution in [-0.4, -0.2) is 42.4 Å². The summed E-state index contributed by atoms with van der Waals surface area (Å²) in [6, 6.07) is 7.01. The molecule has 7 nitrogen and oxygen atoms in total. The standard InChI is InChI=1S/C26H37NO6/c1-25(2,3)32-22(28)20-14-12-19(13-15-20)18-10-8-17(9-11-18)16-21(23(29)31-7)27-24(30)33-26(4,5)6/h8-12,20-21H,13-16H2,1-7H3,(H,27,30)/t20-,21-/m0/s1. The first-order valence-electron chi connectivity index (χ1n) is 11.4. The Morgan fingerprint density at radius 3 is 2.09 bits per heavy atom. The molecule has 0 spiro atoms. The van der Waals surface area contributed by atoms with E-state index in [0.29, 0.717) is 6.42 Å². The third-order valence-electron chi connectivity index (χ3n) is 5.09. The summed E-state index contributed by atoms with van der Waals surface area (Å²) >= 11 is 0. The Kier molecular flexibility index (Phi) is 8.69. The van der Waals surface area contributed by atoms with Gasteiger partial charge in [0.25, 0.3) is 0 Å². The largest absolute Gasteiger partial charge is 0.467 e. The zero-order valence-corrected chi connectivity index (χ0v) is 20.8. The molecule has 0 bridgehead atoms. The topological polar surface area (TPSA) is 90.9 Å². The quantitative estimate of drug-likeness (QED) is 0.484. The van der Waals surface area contributed by atoms with Crippen LogP contribution in [0.3, 0.4) is 0 Å². The lowest BCUT2D eigenvalue weighted by molar-refractivity contribution is -0.160. The predicted molar refractivity (Wildman–Crippen MR) is 126 cm³/mol. The average Bonchev–Trinajstić information content (AvgIpc) is 2.70.